The average molecular weight is 462 g/mol. The number of sulfonamides is 1. The topological polar surface area (TPSA) is 87.7 Å². The second-order valence-electron chi connectivity index (χ2n) is 7.40. The third kappa shape index (κ3) is 6.49. The Hall–Kier alpha value is -2.49. The summed E-state index contributed by atoms with van der Waals surface area (Å²) in [5.74, 6) is 0.249. The molecule has 0 unspecified atom stereocenters. The fourth-order valence-electron chi connectivity index (χ4n) is 3.33. The quantitative estimate of drug-likeness (QED) is 0.641. The van der Waals surface area contributed by atoms with Gasteiger partial charge in [-0.3, -0.25) is 10.1 Å². The molecule has 1 fully saturated rings. The van der Waals surface area contributed by atoms with Gasteiger partial charge in [0.15, 0.2) is 11.7 Å². The molecule has 2 aromatic carbocycles. The second-order valence-corrected chi connectivity index (χ2v) is 9.75. The van der Waals surface area contributed by atoms with Crippen molar-refractivity contribution in [2.45, 2.75) is 37.5 Å². The molecule has 0 saturated carbocycles. The summed E-state index contributed by atoms with van der Waals surface area (Å²) in [5.41, 5.74) is 1.52. The molecule has 1 saturated heterocycles. The van der Waals surface area contributed by atoms with Crippen molar-refractivity contribution in [3.8, 4) is 5.75 Å². The molecule has 3 rings (SSSR count). The Morgan fingerprint density at radius 1 is 1.03 bits per heavy atom. The third-order valence-electron chi connectivity index (χ3n) is 5.02. The minimum atomic E-state index is -3.50. The summed E-state index contributed by atoms with van der Waals surface area (Å²) in [5, 5.41) is 5.55. The highest BCUT2D eigenvalue weighted by Crippen LogP contribution is 2.22. The maximum absolute atomic E-state index is 12.8. The number of nitrogens with one attached hydrogen (secondary N) is 2. The number of aryl methyl sites for hydroxylation is 1. The molecule has 31 heavy (non-hydrogen) atoms. The lowest BCUT2D eigenvalue weighted by Gasteiger charge is -2.20. The number of nitrogens with zero attached hydrogens (tertiary/aromatic N) is 1. The van der Waals surface area contributed by atoms with Gasteiger partial charge in [-0.25, -0.2) is 8.42 Å². The first-order chi connectivity index (χ1) is 14.9. The maximum atomic E-state index is 12.8. The predicted octanol–water partition coefficient (Wildman–Crippen LogP) is 3.45. The van der Waals surface area contributed by atoms with Crippen molar-refractivity contribution in [2.75, 3.05) is 25.0 Å². The number of ether oxygens (including phenoxy) is 1. The average Bonchev–Trinajstić information content (AvgIpc) is 3.04. The number of hydrogen-bond acceptors (Lipinski definition) is 5. The standard InChI is InChI=1S/C22H27N3O4S2/c1-17-8-4-5-9-20(17)29-16-21(26)24-22(30)23-18-10-12-19(13-11-18)31(27,28)25-14-6-2-3-7-15-25/h4-5,8-13H,2-3,6-7,14-16H2,1H3,(H2,23,24,26,30). The van der Waals surface area contributed by atoms with Crippen LogP contribution in [0.2, 0.25) is 0 Å². The Balaban J connectivity index is 1.52. The van der Waals surface area contributed by atoms with Gasteiger partial charge in [0.05, 0.1) is 4.90 Å². The van der Waals surface area contributed by atoms with E-state index in [4.69, 9.17) is 17.0 Å². The van der Waals surface area contributed by atoms with Crippen molar-refractivity contribution in [1.82, 2.24) is 9.62 Å². The van der Waals surface area contributed by atoms with E-state index in [2.05, 4.69) is 10.6 Å². The van der Waals surface area contributed by atoms with Gasteiger partial charge in [-0.1, -0.05) is 31.0 Å². The van der Waals surface area contributed by atoms with E-state index in [0.29, 0.717) is 24.5 Å². The summed E-state index contributed by atoms with van der Waals surface area (Å²) >= 11 is 5.17. The van der Waals surface area contributed by atoms with Gasteiger partial charge in [0.2, 0.25) is 10.0 Å². The Morgan fingerprint density at radius 2 is 1.68 bits per heavy atom. The maximum Gasteiger partial charge on any atom is 0.264 e. The zero-order valence-electron chi connectivity index (χ0n) is 17.5. The van der Waals surface area contributed by atoms with E-state index in [1.165, 1.54) is 0 Å². The fraction of sp³-hybridized carbons (Fsp3) is 0.364. The number of thiocarbonyl (C=S) groups is 1. The first kappa shape index (κ1) is 23.2. The minimum Gasteiger partial charge on any atom is -0.483 e. The van der Waals surface area contributed by atoms with E-state index in [1.807, 2.05) is 25.1 Å². The molecule has 1 heterocycles. The molecule has 0 atom stereocenters. The van der Waals surface area contributed by atoms with Crippen LogP contribution in [0.1, 0.15) is 31.2 Å². The molecule has 7 nitrogen and oxygen atoms in total. The molecule has 1 amide bonds. The molecule has 2 N–H and O–H groups in total. The van der Waals surface area contributed by atoms with E-state index in [0.717, 1.165) is 31.2 Å². The van der Waals surface area contributed by atoms with Crippen molar-refractivity contribution in [1.29, 1.82) is 0 Å². The first-order valence-electron chi connectivity index (χ1n) is 10.3. The normalized spacial score (nSPS) is 15.0. The minimum absolute atomic E-state index is 0.113. The largest absolute Gasteiger partial charge is 0.483 e. The van der Waals surface area contributed by atoms with Crippen LogP contribution in [-0.2, 0) is 14.8 Å². The first-order valence-corrected chi connectivity index (χ1v) is 12.1. The number of benzene rings is 2. The van der Waals surface area contributed by atoms with E-state index in [-0.39, 0.29) is 22.5 Å². The lowest BCUT2D eigenvalue weighted by atomic mass is 10.2. The van der Waals surface area contributed by atoms with Gasteiger partial charge >= 0.3 is 0 Å². The Bertz CT molecular complexity index is 1020. The van der Waals surface area contributed by atoms with Crippen LogP contribution in [0.3, 0.4) is 0 Å². The van der Waals surface area contributed by atoms with E-state index in [1.54, 1.807) is 34.6 Å². The molecule has 0 radical (unpaired) electrons. The molecule has 9 heteroatoms. The van der Waals surface area contributed by atoms with Gasteiger partial charge in [-0.2, -0.15) is 4.31 Å². The molecule has 1 aliphatic heterocycles. The molecule has 0 aromatic heterocycles. The highest BCUT2D eigenvalue weighted by atomic mass is 32.2. The van der Waals surface area contributed by atoms with Gasteiger partial charge in [0, 0.05) is 18.8 Å². The number of rotatable bonds is 6. The molecular weight excluding hydrogens is 434 g/mol. The molecular formula is C22H27N3O4S2. The number of hydrogen-bond donors (Lipinski definition) is 2. The van der Waals surface area contributed by atoms with Crippen LogP contribution in [0.4, 0.5) is 5.69 Å². The zero-order chi connectivity index (χ0) is 22.3. The predicted molar refractivity (Wildman–Crippen MR) is 125 cm³/mol. The molecule has 1 aliphatic rings. The van der Waals surface area contributed by atoms with Crippen LogP contribution in [0.15, 0.2) is 53.4 Å². The lowest BCUT2D eigenvalue weighted by molar-refractivity contribution is -0.121. The van der Waals surface area contributed by atoms with Crippen molar-refractivity contribution < 1.29 is 17.9 Å². The zero-order valence-corrected chi connectivity index (χ0v) is 19.1. The van der Waals surface area contributed by atoms with Crippen LogP contribution in [-0.4, -0.2) is 43.4 Å². The van der Waals surface area contributed by atoms with Crippen LogP contribution in [0, 0.1) is 6.92 Å². The molecule has 0 bridgehead atoms. The summed E-state index contributed by atoms with van der Waals surface area (Å²) in [6, 6.07) is 13.8. The summed E-state index contributed by atoms with van der Waals surface area (Å²) in [7, 11) is -3.50. The van der Waals surface area contributed by atoms with Gasteiger partial charge in [0.25, 0.3) is 5.91 Å². The summed E-state index contributed by atoms with van der Waals surface area (Å²) in [6.07, 6.45) is 3.91. The lowest BCUT2D eigenvalue weighted by Crippen LogP contribution is -2.37. The smallest absolute Gasteiger partial charge is 0.264 e. The monoisotopic (exact) mass is 461 g/mol. The Kier molecular flexibility index (Phi) is 8.00. The van der Waals surface area contributed by atoms with Crippen LogP contribution < -0.4 is 15.4 Å². The van der Waals surface area contributed by atoms with Crippen LogP contribution in [0.5, 0.6) is 5.75 Å². The molecule has 0 spiro atoms. The summed E-state index contributed by atoms with van der Waals surface area (Å²) in [4.78, 5) is 12.3. The third-order valence-corrected chi connectivity index (χ3v) is 7.14. The summed E-state index contributed by atoms with van der Waals surface area (Å²) in [6.45, 7) is 2.85. The van der Waals surface area contributed by atoms with E-state index < -0.39 is 10.0 Å². The molecule has 2 aromatic rings. The number of carbonyl (C=O) groups excluding carboxylic acids is 1. The molecule has 166 valence electrons. The summed E-state index contributed by atoms with van der Waals surface area (Å²) < 4.78 is 32.7. The molecule has 0 aliphatic carbocycles. The van der Waals surface area contributed by atoms with Gasteiger partial charge in [0.1, 0.15) is 5.75 Å². The fourth-order valence-corrected chi connectivity index (χ4v) is 5.08. The van der Waals surface area contributed by atoms with Crippen molar-refractivity contribution in [3.05, 3.63) is 54.1 Å². The Morgan fingerprint density at radius 3 is 2.32 bits per heavy atom. The van der Waals surface area contributed by atoms with E-state index in [9.17, 15) is 13.2 Å². The SMILES string of the molecule is Cc1ccccc1OCC(=O)NC(=S)Nc1ccc(S(=O)(=O)N2CCCCCC2)cc1. The van der Waals surface area contributed by atoms with E-state index >= 15 is 0 Å². The Labute approximate surface area is 188 Å². The number of amides is 1. The second kappa shape index (κ2) is 10.7. The number of carbonyl (C=O) groups is 1. The highest BCUT2D eigenvalue weighted by Gasteiger charge is 2.24. The van der Waals surface area contributed by atoms with Gasteiger partial charge < -0.3 is 10.1 Å². The number of anilines is 1. The van der Waals surface area contributed by atoms with Gasteiger partial charge in [-0.05, 0) is 67.9 Å². The van der Waals surface area contributed by atoms with Crippen molar-refractivity contribution >= 4 is 38.9 Å². The van der Waals surface area contributed by atoms with Gasteiger partial charge in [-0.15, -0.1) is 0 Å². The van der Waals surface area contributed by atoms with Crippen LogP contribution in [0.25, 0.3) is 0 Å². The highest BCUT2D eigenvalue weighted by molar-refractivity contribution is 7.89. The van der Waals surface area contributed by atoms with Crippen molar-refractivity contribution in [2.24, 2.45) is 0 Å². The van der Waals surface area contributed by atoms with Crippen LogP contribution >= 0.6 is 12.2 Å². The van der Waals surface area contributed by atoms with Crippen molar-refractivity contribution in [3.63, 3.8) is 0 Å². The number of para-hydroxylation sites is 1.